The summed E-state index contributed by atoms with van der Waals surface area (Å²) in [7, 11) is 3.39. The molecule has 1 amide bonds. The van der Waals surface area contributed by atoms with Crippen LogP contribution in [0.2, 0.25) is 0 Å². The summed E-state index contributed by atoms with van der Waals surface area (Å²) in [6, 6.07) is 4.36. The first-order valence-corrected chi connectivity index (χ1v) is 8.39. The molecule has 3 atom stereocenters. The SMILES string of the molecule is CN(C)C(=O)[C@]12C[C@H]1[C@@](C)(c1cc(/C=C\F)ccc1F)N=C(N)S2. The second kappa shape index (κ2) is 5.58. The van der Waals surface area contributed by atoms with E-state index in [0.29, 0.717) is 23.9 Å². The molecule has 1 aliphatic heterocycles. The zero-order valence-electron chi connectivity index (χ0n) is 13.7. The lowest BCUT2D eigenvalue weighted by Gasteiger charge is -2.34. The molecule has 2 N–H and O–H groups in total. The highest BCUT2D eigenvalue weighted by atomic mass is 32.2. The number of amides is 1. The second-order valence-electron chi connectivity index (χ2n) is 6.58. The van der Waals surface area contributed by atoms with Gasteiger partial charge in [-0.1, -0.05) is 17.8 Å². The number of nitrogens with two attached hydrogens (primary N) is 1. The minimum absolute atomic E-state index is 0.0400. The van der Waals surface area contributed by atoms with Crippen LogP contribution in [0.15, 0.2) is 29.5 Å². The van der Waals surface area contributed by atoms with Gasteiger partial charge in [0, 0.05) is 25.6 Å². The number of fused-ring (bicyclic) bond motifs is 1. The van der Waals surface area contributed by atoms with Crippen molar-refractivity contribution in [3.63, 3.8) is 0 Å². The van der Waals surface area contributed by atoms with E-state index in [2.05, 4.69) is 4.99 Å². The third-order valence-corrected chi connectivity index (χ3v) is 6.07. The van der Waals surface area contributed by atoms with Gasteiger partial charge in [0.2, 0.25) is 5.91 Å². The van der Waals surface area contributed by atoms with E-state index in [-0.39, 0.29) is 17.0 Å². The van der Waals surface area contributed by atoms with Crippen LogP contribution in [-0.2, 0) is 10.3 Å². The van der Waals surface area contributed by atoms with E-state index in [1.807, 2.05) is 0 Å². The van der Waals surface area contributed by atoms with Crippen molar-refractivity contribution in [1.82, 2.24) is 4.90 Å². The molecule has 0 aromatic heterocycles. The van der Waals surface area contributed by atoms with E-state index >= 15 is 0 Å². The highest BCUT2D eigenvalue weighted by Gasteiger charge is 2.71. The molecule has 0 unspecified atom stereocenters. The molecule has 1 fully saturated rings. The fourth-order valence-corrected chi connectivity index (χ4v) is 5.04. The summed E-state index contributed by atoms with van der Waals surface area (Å²) in [5, 5.41) is 0.271. The number of halogens is 2. The first kappa shape index (κ1) is 17.0. The summed E-state index contributed by atoms with van der Waals surface area (Å²) < 4.78 is 26.3. The molecule has 1 heterocycles. The summed E-state index contributed by atoms with van der Waals surface area (Å²) in [5.74, 6) is -0.631. The molecule has 4 nitrogen and oxygen atoms in total. The van der Waals surface area contributed by atoms with Crippen LogP contribution < -0.4 is 5.73 Å². The molecule has 128 valence electrons. The third-order valence-electron chi connectivity index (χ3n) is 4.78. The van der Waals surface area contributed by atoms with Crippen molar-refractivity contribution in [3.05, 3.63) is 41.5 Å². The number of thioether (sulfide) groups is 1. The van der Waals surface area contributed by atoms with Gasteiger partial charge in [0.1, 0.15) is 10.6 Å². The summed E-state index contributed by atoms with van der Waals surface area (Å²) >= 11 is 1.26. The number of hydrogen-bond acceptors (Lipinski definition) is 4. The Hall–Kier alpha value is -1.89. The van der Waals surface area contributed by atoms with Crippen molar-refractivity contribution in [2.24, 2.45) is 16.6 Å². The highest BCUT2D eigenvalue weighted by Crippen LogP contribution is 2.66. The van der Waals surface area contributed by atoms with E-state index in [1.54, 1.807) is 27.1 Å². The van der Waals surface area contributed by atoms with E-state index in [4.69, 9.17) is 5.73 Å². The Kier molecular flexibility index (Phi) is 3.94. The maximum atomic E-state index is 14.5. The van der Waals surface area contributed by atoms with Crippen LogP contribution in [0.4, 0.5) is 8.78 Å². The van der Waals surface area contributed by atoms with Crippen molar-refractivity contribution in [1.29, 1.82) is 0 Å². The predicted molar refractivity (Wildman–Crippen MR) is 92.6 cm³/mol. The molecule has 0 saturated heterocycles. The fourth-order valence-electron chi connectivity index (χ4n) is 3.54. The molecule has 1 aromatic carbocycles. The normalized spacial score (nSPS) is 31.5. The van der Waals surface area contributed by atoms with Gasteiger partial charge >= 0.3 is 0 Å². The van der Waals surface area contributed by atoms with Crippen LogP contribution in [0.5, 0.6) is 0 Å². The quantitative estimate of drug-likeness (QED) is 0.911. The van der Waals surface area contributed by atoms with Gasteiger partial charge in [0.05, 0.1) is 11.9 Å². The van der Waals surface area contributed by atoms with Crippen LogP contribution in [0.1, 0.15) is 24.5 Å². The summed E-state index contributed by atoms with van der Waals surface area (Å²) in [5.41, 5.74) is 5.90. The van der Waals surface area contributed by atoms with E-state index in [9.17, 15) is 13.6 Å². The number of carbonyl (C=O) groups excluding carboxylic acids is 1. The van der Waals surface area contributed by atoms with Crippen LogP contribution in [0, 0.1) is 11.7 Å². The van der Waals surface area contributed by atoms with E-state index < -0.39 is 16.1 Å². The zero-order chi connectivity index (χ0) is 17.7. The number of benzene rings is 1. The molecule has 2 aliphatic rings. The van der Waals surface area contributed by atoms with Gasteiger partial charge in [0.15, 0.2) is 5.17 Å². The molecule has 7 heteroatoms. The van der Waals surface area contributed by atoms with Gasteiger partial charge in [0.25, 0.3) is 0 Å². The highest BCUT2D eigenvalue weighted by molar-refractivity contribution is 8.15. The van der Waals surface area contributed by atoms with Crippen LogP contribution in [0.3, 0.4) is 0 Å². The van der Waals surface area contributed by atoms with Crippen LogP contribution in [-0.4, -0.2) is 34.8 Å². The molecule has 24 heavy (non-hydrogen) atoms. The molecular weight excluding hydrogens is 332 g/mol. The molecule has 0 spiro atoms. The Morgan fingerprint density at radius 1 is 1.50 bits per heavy atom. The summed E-state index contributed by atoms with van der Waals surface area (Å²) in [6.07, 6.45) is 2.24. The molecule has 1 aromatic rings. The second-order valence-corrected chi connectivity index (χ2v) is 7.93. The number of aliphatic imine (C=N–C) groups is 1. The standard InChI is InChI=1S/C17H19F2N3OS/c1-16(11-8-10(6-7-18)4-5-12(11)19)13-9-17(13,14(23)22(2)3)24-15(20)21-16/h4-8,13H,9H2,1-3H3,(H2,20,21)/b7-6-/t13-,16+,17-/m0/s1. The lowest BCUT2D eigenvalue weighted by atomic mass is 9.84. The first-order chi connectivity index (χ1) is 11.2. The smallest absolute Gasteiger partial charge is 0.239 e. The maximum absolute atomic E-state index is 14.5. The Morgan fingerprint density at radius 3 is 2.83 bits per heavy atom. The number of amidine groups is 1. The van der Waals surface area contributed by atoms with Crippen molar-refractivity contribution >= 4 is 28.9 Å². The minimum Gasteiger partial charge on any atom is -0.378 e. The molecule has 1 saturated carbocycles. The summed E-state index contributed by atoms with van der Waals surface area (Å²) in [6.45, 7) is 1.79. The topological polar surface area (TPSA) is 58.7 Å². The lowest BCUT2D eigenvalue weighted by molar-refractivity contribution is -0.129. The largest absolute Gasteiger partial charge is 0.378 e. The van der Waals surface area contributed by atoms with Gasteiger partial charge in [-0.2, -0.15) is 0 Å². The molecule has 3 rings (SSSR count). The number of rotatable bonds is 3. The number of nitrogens with zero attached hydrogens (tertiary/aromatic N) is 2. The van der Waals surface area contributed by atoms with Gasteiger partial charge in [-0.05, 0) is 37.1 Å². The molecule has 1 aliphatic carbocycles. The van der Waals surface area contributed by atoms with E-state index in [1.165, 1.54) is 34.9 Å². The zero-order valence-corrected chi connectivity index (χ0v) is 14.5. The monoisotopic (exact) mass is 351 g/mol. The minimum atomic E-state index is -0.953. The van der Waals surface area contributed by atoms with Gasteiger partial charge in [-0.3, -0.25) is 9.79 Å². The fraction of sp³-hybridized carbons (Fsp3) is 0.412. The first-order valence-electron chi connectivity index (χ1n) is 7.57. The van der Waals surface area contributed by atoms with Gasteiger partial charge in [-0.15, -0.1) is 0 Å². The van der Waals surface area contributed by atoms with Gasteiger partial charge in [-0.25, -0.2) is 8.78 Å². The summed E-state index contributed by atoms with van der Waals surface area (Å²) in [4.78, 5) is 18.6. The van der Waals surface area contributed by atoms with Crippen LogP contribution in [0.25, 0.3) is 6.08 Å². The Bertz CT molecular complexity index is 764. The van der Waals surface area contributed by atoms with Crippen molar-refractivity contribution in [2.75, 3.05) is 14.1 Å². The van der Waals surface area contributed by atoms with Crippen LogP contribution >= 0.6 is 11.8 Å². The average molecular weight is 351 g/mol. The number of carbonyl (C=O) groups is 1. The molecule has 0 bridgehead atoms. The maximum Gasteiger partial charge on any atom is 0.239 e. The Morgan fingerprint density at radius 2 is 2.21 bits per heavy atom. The molecule has 0 radical (unpaired) electrons. The molecular formula is C17H19F2N3OS. The Labute approximate surface area is 143 Å². The predicted octanol–water partition coefficient (Wildman–Crippen LogP) is 2.89. The lowest BCUT2D eigenvalue weighted by Crippen LogP contribution is -2.43. The van der Waals surface area contributed by atoms with Crippen molar-refractivity contribution < 1.29 is 13.6 Å². The third kappa shape index (κ3) is 2.42. The van der Waals surface area contributed by atoms with Gasteiger partial charge < -0.3 is 10.6 Å². The Balaban J connectivity index is 2.09. The van der Waals surface area contributed by atoms with Crippen molar-refractivity contribution in [3.8, 4) is 0 Å². The average Bonchev–Trinajstić information content (AvgIpc) is 3.25. The number of hydrogen-bond donors (Lipinski definition) is 1. The van der Waals surface area contributed by atoms with Crippen molar-refractivity contribution in [2.45, 2.75) is 23.6 Å². The van der Waals surface area contributed by atoms with E-state index in [0.717, 1.165) is 0 Å².